The molecule has 0 aliphatic carbocycles. The Labute approximate surface area is 146 Å². The number of anilines is 1. The van der Waals surface area contributed by atoms with Crippen LogP contribution >= 0.6 is 0 Å². The summed E-state index contributed by atoms with van der Waals surface area (Å²) in [5, 5.41) is 7.09. The van der Waals surface area contributed by atoms with Gasteiger partial charge >= 0.3 is 0 Å². The van der Waals surface area contributed by atoms with Crippen LogP contribution < -0.4 is 15.0 Å². The summed E-state index contributed by atoms with van der Waals surface area (Å²) < 4.78 is 6.88. The Morgan fingerprint density at radius 2 is 2.12 bits per heavy atom. The maximum atomic E-state index is 12.4. The summed E-state index contributed by atoms with van der Waals surface area (Å²) in [7, 11) is 1.61. The second-order valence-corrected chi connectivity index (χ2v) is 6.03. The monoisotopic (exact) mass is 342 g/mol. The largest absolute Gasteiger partial charge is 0.497 e. The van der Waals surface area contributed by atoms with Crippen LogP contribution in [0, 0.1) is 5.92 Å². The van der Waals surface area contributed by atoms with E-state index in [0.717, 1.165) is 23.5 Å². The molecule has 1 aromatic heterocycles. The zero-order valence-corrected chi connectivity index (χ0v) is 14.4. The number of hydrogen-bond acceptors (Lipinski definition) is 4. The number of amides is 2. The third-order valence-corrected chi connectivity index (χ3v) is 4.38. The smallest absolute Gasteiger partial charge is 0.227 e. The first kappa shape index (κ1) is 17.0. The quantitative estimate of drug-likeness (QED) is 0.865. The lowest BCUT2D eigenvalue weighted by atomic mass is 10.1. The van der Waals surface area contributed by atoms with E-state index >= 15 is 0 Å². The van der Waals surface area contributed by atoms with Crippen molar-refractivity contribution < 1.29 is 14.3 Å². The Morgan fingerprint density at radius 1 is 1.36 bits per heavy atom. The van der Waals surface area contributed by atoms with Gasteiger partial charge < -0.3 is 15.0 Å². The maximum Gasteiger partial charge on any atom is 0.227 e. The van der Waals surface area contributed by atoms with Crippen molar-refractivity contribution >= 4 is 17.5 Å². The number of nitrogens with one attached hydrogen (secondary N) is 1. The number of nitrogens with zero attached hydrogens (tertiary/aromatic N) is 3. The minimum absolute atomic E-state index is 0.0414. The van der Waals surface area contributed by atoms with Gasteiger partial charge in [0.25, 0.3) is 0 Å². The molecule has 1 N–H and O–H groups in total. The van der Waals surface area contributed by atoms with Crippen LogP contribution in [0.2, 0.25) is 0 Å². The summed E-state index contributed by atoms with van der Waals surface area (Å²) in [5.74, 6) is 0.297. The number of aryl methyl sites for hydroxylation is 1. The number of carbonyl (C=O) groups excluding carboxylic acids is 2. The fraction of sp³-hybridized carbons (Fsp3) is 0.389. The second-order valence-electron chi connectivity index (χ2n) is 6.03. The highest BCUT2D eigenvalue weighted by molar-refractivity contribution is 6.00. The van der Waals surface area contributed by atoms with E-state index < -0.39 is 0 Å². The van der Waals surface area contributed by atoms with Crippen LogP contribution in [0.3, 0.4) is 0 Å². The van der Waals surface area contributed by atoms with E-state index in [0.29, 0.717) is 13.1 Å². The topological polar surface area (TPSA) is 76.5 Å². The molecule has 1 aromatic carbocycles. The van der Waals surface area contributed by atoms with Gasteiger partial charge in [-0.05, 0) is 24.6 Å². The maximum absolute atomic E-state index is 12.4. The number of rotatable bonds is 6. The first-order valence-corrected chi connectivity index (χ1v) is 8.34. The van der Waals surface area contributed by atoms with Crippen molar-refractivity contribution in [3.63, 3.8) is 0 Å². The molecule has 25 heavy (non-hydrogen) atoms. The van der Waals surface area contributed by atoms with Gasteiger partial charge in [0, 0.05) is 32.3 Å². The number of aromatic nitrogens is 2. The minimum atomic E-state index is -0.337. The Hall–Kier alpha value is -2.83. The van der Waals surface area contributed by atoms with Crippen molar-refractivity contribution in [1.82, 2.24) is 15.1 Å². The van der Waals surface area contributed by atoms with Crippen molar-refractivity contribution in [1.29, 1.82) is 0 Å². The average molecular weight is 342 g/mol. The average Bonchev–Trinajstić information content (AvgIpc) is 3.26. The first-order chi connectivity index (χ1) is 12.1. The van der Waals surface area contributed by atoms with Crippen molar-refractivity contribution in [2.24, 2.45) is 5.92 Å². The molecule has 1 atom stereocenters. The van der Waals surface area contributed by atoms with Gasteiger partial charge in [-0.15, -0.1) is 0 Å². The molecule has 2 aromatic rings. The molecule has 0 saturated carbocycles. The summed E-state index contributed by atoms with van der Waals surface area (Å²) in [4.78, 5) is 26.3. The number of methoxy groups -OCH3 is 1. The summed E-state index contributed by atoms with van der Waals surface area (Å²) in [5.41, 5.74) is 1.73. The van der Waals surface area contributed by atoms with Gasteiger partial charge in [0.1, 0.15) is 5.75 Å². The molecule has 0 bridgehead atoms. The van der Waals surface area contributed by atoms with Crippen LogP contribution in [-0.4, -0.2) is 35.2 Å². The fourth-order valence-corrected chi connectivity index (χ4v) is 2.87. The number of ether oxygens (including phenoxy) is 1. The highest BCUT2D eigenvalue weighted by atomic mass is 16.5. The Bertz CT molecular complexity index is 754. The third kappa shape index (κ3) is 3.81. The molecule has 7 nitrogen and oxygen atoms in total. The fourth-order valence-electron chi connectivity index (χ4n) is 2.87. The van der Waals surface area contributed by atoms with Crippen LogP contribution in [0.1, 0.15) is 18.9 Å². The SMILES string of the molecule is CCn1cc(N2C[C@@H](C(=O)NCc3ccc(OC)cc3)CC2=O)cn1. The van der Waals surface area contributed by atoms with Crippen LogP contribution in [0.4, 0.5) is 5.69 Å². The first-order valence-electron chi connectivity index (χ1n) is 8.34. The van der Waals surface area contributed by atoms with Crippen molar-refractivity contribution in [3.8, 4) is 5.75 Å². The second kappa shape index (κ2) is 7.38. The highest BCUT2D eigenvalue weighted by Gasteiger charge is 2.35. The zero-order chi connectivity index (χ0) is 17.8. The molecule has 1 fully saturated rings. The standard InChI is InChI=1S/C18H22N4O3/c1-3-21-12-15(10-20-21)22-11-14(8-17(22)23)18(24)19-9-13-4-6-16(25-2)7-5-13/h4-7,10,12,14H,3,8-9,11H2,1-2H3,(H,19,24)/t14-/m0/s1. The van der Waals surface area contributed by atoms with Crippen molar-refractivity contribution in [2.45, 2.75) is 26.4 Å². The molecule has 1 saturated heterocycles. The van der Waals surface area contributed by atoms with E-state index in [1.54, 1.807) is 22.9 Å². The predicted octanol–water partition coefficient (Wildman–Crippen LogP) is 1.58. The minimum Gasteiger partial charge on any atom is -0.497 e. The summed E-state index contributed by atoms with van der Waals surface area (Å²) >= 11 is 0. The van der Waals surface area contributed by atoms with Crippen molar-refractivity contribution in [3.05, 3.63) is 42.2 Å². The van der Waals surface area contributed by atoms with Gasteiger partial charge in [0.15, 0.2) is 0 Å². The molecule has 1 aliphatic heterocycles. The summed E-state index contributed by atoms with van der Waals surface area (Å²) in [6.45, 7) is 3.55. The lowest BCUT2D eigenvalue weighted by Gasteiger charge is -2.14. The van der Waals surface area contributed by atoms with Gasteiger partial charge in [0.2, 0.25) is 11.8 Å². The molecule has 0 unspecified atom stereocenters. The molecule has 2 amide bonds. The van der Waals surface area contributed by atoms with Crippen LogP contribution in [0.5, 0.6) is 5.75 Å². The van der Waals surface area contributed by atoms with Gasteiger partial charge in [0.05, 0.1) is 24.9 Å². The van der Waals surface area contributed by atoms with Crippen molar-refractivity contribution in [2.75, 3.05) is 18.6 Å². The van der Waals surface area contributed by atoms with Crippen LogP contribution in [0.25, 0.3) is 0 Å². The third-order valence-electron chi connectivity index (χ3n) is 4.38. The van der Waals surface area contributed by atoms with Crippen LogP contribution in [-0.2, 0) is 22.7 Å². The summed E-state index contributed by atoms with van der Waals surface area (Å²) in [6.07, 6.45) is 3.72. The number of benzene rings is 1. The molecular formula is C18H22N4O3. The van der Waals surface area contributed by atoms with E-state index in [-0.39, 0.29) is 24.2 Å². The normalized spacial score (nSPS) is 17.0. The van der Waals surface area contributed by atoms with E-state index in [1.165, 1.54) is 0 Å². The number of carbonyl (C=O) groups is 2. The highest BCUT2D eigenvalue weighted by Crippen LogP contribution is 2.25. The van der Waals surface area contributed by atoms with E-state index in [4.69, 9.17) is 4.74 Å². The molecule has 2 heterocycles. The molecule has 132 valence electrons. The van der Waals surface area contributed by atoms with Gasteiger partial charge in [-0.1, -0.05) is 12.1 Å². The number of hydrogen-bond donors (Lipinski definition) is 1. The Morgan fingerprint density at radius 3 is 2.76 bits per heavy atom. The molecule has 0 spiro atoms. The van der Waals surface area contributed by atoms with Gasteiger partial charge in [-0.3, -0.25) is 14.3 Å². The van der Waals surface area contributed by atoms with Gasteiger partial charge in [-0.25, -0.2) is 0 Å². The molecule has 3 rings (SSSR count). The van der Waals surface area contributed by atoms with E-state index in [9.17, 15) is 9.59 Å². The lowest BCUT2D eigenvalue weighted by Crippen LogP contribution is -2.32. The van der Waals surface area contributed by atoms with E-state index in [2.05, 4.69) is 10.4 Å². The lowest BCUT2D eigenvalue weighted by molar-refractivity contribution is -0.126. The van der Waals surface area contributed by atoms with Crippen LogP contribution in [0.15, 0.2) is 36.7 Å². The van der Waals surface area contributed by atoms with Gasteiger partial charge in [-0.2, -0.15) is 5.10 Å². The summed E-state index contributed by atoms with van der Waals surface area (Å²) in [6, 6.07) is 7.52. The Kier molecular flexibility index (Phi) is 5.02. The van der Waals surface area contributed by atoms with E-state index in [1.807, 2.05) is 37.4 Å². The molecule has 7 heteroatoms. The zero-order valence-electron chi connectivity index (χ0n) is 14.4. The Balaban J connectivity index is 1.56. The predicted molar refractivity (Wildman–Crippen MR) is 93.2 cm³/mol. The molecule has 0 radical (unpaired) electrons. The molecular weight excluding hydrogens is 320 g/mol. The molecule has 1 aliphatic rings.